The van der Waals surface area contributed by atoms with Gasteiger partial charge in [-0.2, -0.15) is 0 Å². The highest BCUT2D eigenvalue weighted by Gasteiger charge is 2.16. The van der Waals surface area contributed by atoms with Crippen molar-refractivity contribution in [1.29, 1.82) is 0 Å². The highest BCUT2D eigenvalue weighted by Crippen LogP contribution is 2.15. The van der Waals surface area contributed by atoms with E-state index in [1.54, 1.807) is 0 Å². The van der Waals surface area contributed by atoms with E-state index in [9.17, 15) is 4.79 Å². The van der Waals surface area contributed by atoms with Crippen LogP contribution >= 0.6 is 0 Å². The van der Waals surface area contributed by atoms with Crippen molar-refractivity contribution in [3.05, 3.63) is 0 Å². The Balaban J connectivity index is 0.000000209. The lowest BCUT2D eigenvalue weighted by Gasteiger charge is -2.27. The molecule has 0 spiro atoms. The smallest absolute Gasteiger partial charge is 0.303 e. The molecule has 2 rings (SSSR count). The fourth-order valence-corrected chi connectivity index (χ4v) is 2.15. The van der Waals surface area contributed by atoms with Crippen LogP contribution in [-0.4, -0.2) is 41.4 Å². The first kappa shape index (κ1) is 14.0. The Morgan fingerprint density at radius 3 is 2.71 bits per heavy atom. The lowest BCUT2D eigenvalue weighted by Crippen LogP contribution is -2.34. The largest absolute Gasteiger partial charge is 0.481 e. The van der Waals surface area contributed by atoms with E-state index in [-0.39, 0.29) is 0 Å². The van der Waals surface area contributed by atoms with Gasteiger partial charge in [0.2, 0.25) is 0 Å². The maximum absolute atomic E-state index is 9.60. The molecule has 17 heavy (non-hydrogen) atoms. The molecule has 0 aromatic rings. The molecule has 4 heteroatoms. The summed E-state index contributed by atoms with van der Waals surface area (Å²) in [6.07, 6.45) is 7.66. The summed E-state index contributed by atoms with van der Waals surface area (Å²) in [7, 11) is 0. The number of amidine groups is 1. The summed E-state index contributed by atoms with van der Waals surface area (Å²) in [6.45, 7) is 5.44. The molecule has 1 N–H and O–H groups in total. The van der Waals surface area contributed by atoms with Crippen molar-refractivity contribution < 1.29 is 9.90 Å². The van der Waals surface area contributed by atoms with Gasteiger partial charge < -0.3 is 10.0 Å². The van der Waals surface area contributed by atoms with E-state index in [4.69, 9.17) is 5.11 Å². The van der Waals surface area contributed by atoms with Gasteiger partial charge in [0.15, 0.2) is 0 Å². The molecule has 2 aliphatic heterocycles. The van der Waals surface area contributed by atoms with E-state index in [0.717, 1.165) is 13.0 Å². The Morgan fingerprint density at radius 2 is 2.06 bits per heavy atom. The topological polar surface area (TPSA) is 52.9 Å². The summed E-state index contributed by atoms with van der Waals surface area (Å²) >= 11 is 0. The predicted molar refractivity (Wildman–Crippen MR) is 69.5 cm³/mol. The molecule has 1 saturated heterocycles. The Morgan fingerprint density at radius 1 is 1.29 bits per heavy atom. The molecule has 4 nitrogen and oxygen atoms in total. The lowest BCUT2D eigenvalue weighted by molar-refractivity contribution is -0.137. The third-order valence-corrected chi connectivity index (χ3v) is 3.04. The van der Waals surface area contributed by atoms with Crippen LogP contribution in [0.4, 0.5) is 0 Å². The maximum atomic E-state index is 9.60. The second-order valence-electron chi connectivity index (χ2n) is 4.59. The molecule has 1 fully saturated rings. The molecule has 2 heterocycles. The SMILES string of the molecule is C1CCC2=NCCCN2CC1.CCCC(=O)O. The summed E-state index contributed by atoms with van der Waals surface area (Å²) < 4.78 is 0. The van der Waals surface area contributed by atoms with Crippen molar-refractivity contribution in [2.24, 2.45) is 4.99 Å². The normalized spacial score (nSPS) is 19.4. The fraction of sp³-hybridized carbons (Fsp3) is 0.846. The zero-order valence-corrected chi connectivity index (χ0v) is 10.8. The van der Waals surface area contributed by atoms with Crippen LogP contribution in [0.25, 0.3) is 0 Å². The van der Waals surface area contributed by atoms with Crippen molar-refractivity contribution in [2.45, 2.75) is 51.9 Å². The van der Waals surface area contributed by atoms with E-state index < -0.39 is 5.97 Å². The summed E-state index contributed by atoms with van der Waals surface area (Å²) in [4.78, 5) is 16.6. The first-order valence-corrected chi connectivity index (χ1v) is 6.74. The summed E-state index contributed by atoms with van der Waals surface area (Å²) in [5, 5.41) is 7.91. The van der Waals surface area contributed by atoms with Gasteiger partial charge in [0.05, 0.1) is 5.84 Å². The van der Waals surface area contributed by atoms with Gasteiger partial charge in [0.25, 0.3) is 0 Å². The standard InChI is InChI=1S/C9H16N2.C4H8O2/c1-2-5-9-10-6-4-8-11(9)7-3-1;1-2-3-4(5)6/h1-8H2;2-3H2,1H3,(H,5,6). The molecule has 0 aromatic heterocycles. The number of aliphatic carboxylic acids is 1. The maximum Gasteiger partial charge on any atom is 0.303 e. The van der Waals surface area contributed by atoms with Gasteiger partial charge in [-0.1, -0.05) is 13.3 Å². The van der Waals surface area contributed by atoms with Crippen LogP contribution in [0.2, 0.25) is 0 Å². The predicted octanol–water partition coefficient (Wildman–Crippen LogP) is 2.54. The van der Waals surface area contributed by atoms with Crippen molar-refractivity contribution in [3.8, 4) is 0 Å². The Bertz CT molecular complexity index is 264. The minimum Gasteiger partial charge on any atom is -0.481 e. The molecule has 2 aliphatic rings. The van der Waals surface area contributed by atoms with E-state index in [1.165, 1.54) is 51.0 Å². The molecular formula is C13H24N2O2. The second kappa shape index (κ2) is 8.09. The van der Waals surface area contributed by atoms with Crippen molar-refractivity contribution in [1.82, 2.24) is 4.90 Å². The molecule has 0 saturated carbocycles. The van der Waals surface area contributed by atoms with Gasteiger partial charge in [0.1, 0.15) is 0 Å². The molecule has 98 valence electrons. The zero-order chi connectivity index (χ0) is 12.5. The summed E-state index contributed by atoms with van der Waals surface area (Å²) in [5.41, 5.74) is 0. The van der Waals surface area contributed by atoms with Crippen LogP contribution in [0, 0.1) is 0 Å². The van der Waals surface area contributed by atoms with Gasteiger partial charge >= 0.3 is 5.97 Å². The zero-order valence-electron chi connectivity index (χ0n) is 10.8. The van der Waals surface area contributed by atoms with Gasteiger partial charge in [0, 0.05) is 32.5 Å². The van der Waals surface area contributed by atoms with Crippen molar-refractivity contribution >= 4 is 11.8 Å². The van der Waals surface area contributed by atoms with Gasteiger partial charge in [-0.25, -0.2) is 0 Å². The van der Waals surface area contributed by atoms with Gasteiger partial charge in [-0.15, -0.1) is 0 Å². The van der Waals surface area contributed by atoms with Crippen molar-refractivity contribution in [3.63, 3.8) is 0 Å². The minimum absolute atomic E-state index is 0.292. The number of carboxylic acids is 1. The number of rotatable bonds is 2. The fourth-order valence-electron chi connectivity index (χ4n) is 2.15. The molecule has 0 aliphatic carbocycles. The Labute approximate surface area is 104 Å². The lowest BCUT2D eigenvalue weighted by atomic mass is 10.2. The molecular weight excluding hydrogens is 216 g/mol. The third kappa shape index (κ3) is 5.71. The van der Waals surface area contributed by atoms with Crippen LogP contribution in [-0.2, 0) is 4.79 Å². The van der Waals surface area contributed by atoms with Crippen LogP contribution < -0.4 is 0 Å². The molecule has 0 unspecified atom stereocenters. The highest BCUT2D eigenvalue weighted by molar-refractivity contribution is 5.83. The first-order valence-electron chi connectivity index (χ1n) is 6.74. The molecule has 0 radical (unpaired) electrons. The van der Waals surface area contributed by atoms with Gasteiger partial charge in [-0.3, -0.25) is 9.79 Å². The van der Waals surface area contributed by atoms with Crippen molar-refractivity contribution in [2.75, 3.05) is 19.6 Å². The Hall–Kier alpha value is -1.06. The number of hydrogen-bond donors (Lipinski definition) is 1. The molecule has 0 bridgehead atoms. The monoisotopic (exact) mass is 240 g/mol. The second-order valence-corrected chi connectivity index (χ2v) is 4.59. The molecule has 0 amide bonds. The number of nitrogens with zero attached hydrogens (tertiary/aromatic N) is 2. The summed E-state index contributed by atoms with van der Waals surface area (Å²) in [6, 6.07) is 0. The quantitative estimate of drug-likeness (QED) is 0.807. The van der Waals surface area contributed by atoms with Crippen LogP contribution in [0.3, 0.4) is 0 Å². The number of carbonyl (C=O) groups is 1. The number of hydrogen-bond acceptors (Lipinski definition) is 3. The Kier molecular flexibility index (Phi) is 6.67. The average Bonchev–Trinajstić information content (AvgIpc) is 2.54. The van der Waals surface area contributed by atoms with E-state index in [0.29, 0.717) is 6.42 Å². The minimum atomic E-state index is -0.711. The number of aliphatic imine (C=N–C) groups is 1. The van der Waals surface area contributed by atoms with E-state index >= 15 is 0 Å². The van der Waals surface area contributed by atoms with E-state index in [2.05, 4.69) is 9.89 Å². The molecule has 0 atom stereocenters. The van der Waals surface area contributed by atoms with E-state index in [1.807, 2.05) is 6.92 Å². The number of carboxylic acid groups (broad SMARTS) is 1. The van der Waals surface area contributed by atoms with Crippen LogP contribution in [0.1, 0.15) is 51.9 Å². The average molecular weight is 240 g/mol. The van der Waals surface area contributed by atoms with Crippen LogP contribution in [0.15, 0.2) is 4.99 Å². The summed E-state index contributed by atoms with van der Waals surface area (Å²) in [5.74, 6) is 0.686. The highest BCUT2D eigenvalue weighted by atomic mass is 16.4. The number of fused-ring (bicyclic) bond motifs is 1. The third-order valence-electron chi connectivity index (χ3n) is 3.04. The van der Waals surface area contributed by atoms with Crippen LogP contribution in [0.5, 0.6) is 0 Å². The molecule has 0 aromatic carbocycles. The van der Waals surface area contributed by atoms with Gasteiger partial charge in [-0.05, 0) is 25.7 Å². The first-order chi connectivity index (χ1) is 8.24.